The predicted molar refractivity (Wildman–Crippen MR) is 69.9 cm³/mol. The minimum Gasteiger partial charge on any atom is -0.354 e. The van der Waals surface area contributed by atoms with E-state index < -0.39 is 0 Å². The van der Waals surface area contributed by atoms with Gasteiger partial charge in [-0.15, -0.1) is 0 Å². The van der Waals surface area contributed by atoms with Gasteiger partial charge in [-0.25, -0.2) is 0 Å². The summed E-state index contributed by atoms with van der Waals surface area (Å²) in [5.41, 5.74) is 5.28. The summed E-state index contributed by atoms with van der Waals surface area (Å²) in [6, 6.07) is 13.0. The van der Waals surface area contributed by atoms with Crippen molar-refractivity contribution in [3.8, 4) is 0 Å². The first kappa shape index (κ1) is 9.46. The number of benzene rings is 2. The zero-order chi connectivity index (χ0) is 11.1. The lowest BCUT2D eigenvalue weighted by atomic mass is 10.0. The van der Waals surface area contributed by atoms with E-state index in [9.17, 15) is 0 Å². The lowest BCUT2D eigenvalue weighted by Gasteiger charge is -2.01. The molecule has 2 aromatic carbocycles. The van der Waals surface area contributed by atoms with Gasteiger partial charge < -0.3 is 4.98 Å². The van der Waals surface area contributed by atoms with Crippen LogP contribution in [0, 0.1) is 6.92 Å². The topological polar surface area (TPSA) is 15.8 Å². The van der Waals surface area contributed by atoms with E-state index in [1.807, 2.05) is 0 Å². The van der Waals surface area contributed by atoms with E-state index in [1.165, 1.54) is 32.9 Å². The average Bonchev–Trinajstić information content (AvgIpc) is 2.68. The third kappa shape index (κ3) is 1.18. The van der Waals surface area contributed by atoms with E-state index >= 15 is 0 Å². The number of aromatic amines is 1. The monoisotopic (exact) mass is 209 g/mol. The average molecular weight is 209 g/mol. The predicted octanol–water partition coefficient (Wildman–Crippen LogP) is 4.19. The van der Waals surface area contributed by atoms with Crippen LogP contribution in [-0.4, -0.2) is 4.98 Å². The second-order valence-corrected chi connectivity index (χ2v) is 4.32. The molecule has 16 heavy (non-hydrogen) atoms. The highest BCUT2D eigenvalue weighted by Gasteiger charge is 2.08. The molecule has 0 spiro atoms. The molecule has 0 amide bonds. The normalized spacial score (nSPS) is 11.4. The van der Waals surface area contributed by atoms with Crippen LogP contribution in [0.4, 0.5) is 0 Å². The van der Waals surface area contributed by atoms with Crippen LogP contribution in [0.15, 0.2) is 36.4 Å². The first-order valence-corrected chi connectivity index (χ1v) is 5.80. The van der Waals surface area contributed by atoms with Crippen molar-refractivity contribution in [2.45, 2.75) is 20.3 Å². The highest BCUT2D eigenvalue weighted by atomic mass is 14.7. The van der Waals surface area contributed by atoms with Crippen LogP contribution < -0.4 is 0 Å². The van der Waals surface area contributed by atoms with Crippen molar-refractivity contribution < 1.29 is 0 Å². The number of hydrogen-bond donors (Lipinski definition) is 1. The number of nitrogens with one attached hydrogen (secondary N) is 1. The van der Waals surface area contributed by atoms with Crippen LogP contribution in [0.25, 0.3) is 21.8 Å². The maximum absolute atomic E-state index is 3.49. The highest BCUT2D eigenvalue weighted by Crippen LogP contribution is 2.30. The zero-order valence-corrected chi connectivity index (χ0v) is 9.67. The second-order valence-electron chi connectivity index (χ2n) is 4.32. The standard InChI is InChI=1S/C15H15N/c1-3-11-7-5-9-13-15(11)14-10(2)6-4-8-12(14)16-13/h4-9,16H,3H2,1-2H3. The van der Waals surface area contributed by atoms with Gasteiger partial charge >= 0.3 is 0 Å². The van der Waals surface area contributed by atoms with Crippen molar-refractivity contribution in [3.05, 3.63) is 47.5 Å². The number of fused-ring (bicyclic) bond motifs is 3. The Morgan fingerprint density at radius 1 is 0.938 bits per heavy atom. The summed E-state index contributed by atoms with van der Waals surface area (Å²) in [4.78, 5) is 3.49. The van der Waals surface area contributed by atoms with E-state index in [-0.39, 0.29) is 0 Å². The molecule has 1 aromatic heterocycles. The Balaban J connectivity index is 2.60. The van der Waals surface area contributed by atoms with E-state index in [1.54, 1.807) is 0 Å². The molecule has 1 nitrogen and oxygen atoms in total. The summed E-state index contributed by atoms with van der Waals surface area (Å²) in [6.07, 6.45) is 1.08. The van der Waals surface area contributed by atoms with Crippen LogP contribution in [0.5, 0.6) is 0 Å². The fourth-order valence-electron chi connectivity index (χ4n) is 2.54. The van der Waals surface area contributed by atoms with Crippen LogP contribution in [0.3, 0.4) is 0 Å². The molecule has 1 heteroatoms. The molecule has 0 aliphatic rings. The van der Waals surface area contributed by atoms with Gasteiger partial charge in [0.05, 0.1) is 0 Å². The van der Waals surface area contributed by atoms with Gasteiger partial charge in [-0.1, -0.05) is 31.2 Å². The number of aromatic nitrogens is 1. The third-order valence-corrected chi connectivity index (χ3v) is 3.32. The summed E-state index contributed by atoms with van der Waals surface area (Å²) in [5.74, 6) is 0. The van der Waals surface area contributed by atoms with Crippen molar-refractivity contribution in [2.75, 3.05) is 0 Å². The van der Waals surface area contributed by atoms with Crippen LogP contribution >= 0.6 is 0 Å². The van der Waals surface area contributed by atoms with Crippen LogP contribution in [-0.2, 0) is 6.42 Å². The molecular formula is C15H15N. The molecule has 80 valence electrons. The first-order chi connectivity index (χ1) is 7.81. The van der Waals surface area contributed by atoms with Crippen LogP contribution in [0.1, 0.15) is 18.1 Å². The summed E-state index contributed by atoms with van der Waals surface area (Å²) in [5, 5.41) is 2.79. The molecular weight excluding hydrogens is 194 g/mol. The SMILES string of the molecule is CCc1cccc2[nH]c3cccc(C)c3c12. The highest BCUT2D eigenvalue weighted by molar-refractivity contribution is 6.10. The largest absolute Gasteiger partial charge is 0.354 e. The van der Waals surface area contributed by atoms with Crippen molar-refractivity contribution in [1.82, 2.24) is 4.98 Å². The van der Waals surface area contributed by atoms with Crippen molar-refractivity contribution in [2.24, 2.45) is 0 Å². The molecule has 1 heterocycles. The fourth-order valence-corrected chi connectivity index (χ4v) is 2.54. The van der Waals surface area contributed by atoms with Crippen molar-refractivity contribution in [1.29, 1.82) is 0 Å². The van der Waals surface area contributed by atoms with E-state index in [2.05, 4.69) is 55.2 Å². The molecule has 0 saturated heterocycles. The number of hydrogen-bond acceptors (Lipinski definition) is 0. The van der Waals surface area contributed by atoms with Crippen molar-refractivity contribution in [3.63, 3.8) is 0 Å². The van der Waals surface area contributed by atoms with Gasteiger partial charge in [-0.2, -0.15) is 0 Å². The molecule has 0 saturated carbocycles. The molecule has 1 N–H and O–H groups in total. The maximum atomic E-state index is 3.49. The Bertz CT molecular complexity index is 662. The Labute approximate surface area is 95.1 Å². The Morgan fingerprint density at radius 3 is 2.38 bits per heavy atom. The number of rotatable bonds is 1. The van der Waals surface area contributed by atoms with Gasteiger partial charge in [-0.05, 0) is 36.6 Å². The van der Waals surface area contributed by atoms with Gasteiger partial charge in [0.15, 0.2) is 0 Å². The summed E-state index contributed by atoms with van der Waals surface area (Å²) in [6.45, 7) is 4.40. The Hall–Kier alpha value is -1.76. The molecule has 0 aliphatic heterocycles. The first-order valence-electron chi connectivity index (χ1n) is 5.80. The molecule has 0 radical (unpaired) electrons. The van der Waals surface area contributed by atoms with Gasteiger partial charge in [0, 0.05) is 21.8 Å². The zero-order valence-electron chi connectivity index (χ0n) is 9.67. The maximum Gasteiger partial charge on any atom is 0.0467 e. The lowest BCUT2D eigenvalue weighted by Crippen LogP contribution is -1.81. The molecule has 0 aliphatic carbocycles. The lowest BCUT2D eigenvalue weighted by molar-refractivity contribution is 1.16. The van der Waals surface area contributed by atoms with E-state index in [0.29, 0.717) is 0 Å². The summed E-state index contributed by atoms with van der Waals surface area (Å²) < 4.78 is 0. The van der Waals surface area contributed by atoms with E-state index in [0.717, 1.165) is 6.42 Å². The molecule has 3 aromatic rings. The molecule has 0 bridgehead atoms. The fraction of sp³-hybridized carbons (Fsp3) is 0.200. The summed E-state index contributed by atoms with van der Waals surface area (Å²) >= 11 is 0. The second kappa shape index (κ2) is 3.38. The number of H-pyrrole nitrogens is 1. The third-order valence-electron chi connectivity index (χ3n) is 3.32. The Morgan fingerprint density at radius 2 is 1.62 bits per heavy atom. The van der Waals surface area contributed by atoms with Gasteiger partial charge in [-0.3, -0.25) is 0 Å². The molecule has 0 fully saturated rings. The van der Waals surface area contributed by atoms with Gasteiger partial charge in [0.2, 0.25) is 0 Å². The number of aryl methyl sites for hydroxylation is 2. The van der Waals surface area contributed by atoms with Gasteiger partial charge in [0.25, 0.3) is 0 Å². The smallest absolute Gasteiger partial charge is 0.0467 e. The molecule has 0 atom stereocenters. The van der Waals surface area contributed by atoms with Crippen LogP contribution in [0.2, 0.25) is 0 Å². The minimum absolute atomic E-state index is 1.08. The molecule has 3 rings (SSSR count). The summed E-state index contributed by atoms with van der Waals surface area (Å²) in [7, 11) is 0. The van der Waals surface area contributed by atoms with Crippen molar-refractivity contribution >= 4 is 21.8 Å². The Kier molecular flexibility index (Phi) is 2.00. The quantitative estimate of drug-likeness (QED) is 0.618. The van der Waals surface area contributed by atoms with Gasteiger partial charge in [0.1, 0.15) is 0 Å². The minimum atomic E-state index is 1.08. The molecule has 0 unspecified atom stereocenters. The van der Waals surface area contributed by atoms with E-state index in [4.69, 9.17) is 0 Å².